The molecule has 6 nitrogen and oxygen atoms in total. The highest BCUT2D eigenvalue weighted by molar-refractivity contribution is 7.93. The molecule has 4 rings (SSSR count). The van der Waals surface area contributed by atoms with Crippen LogP contribution in [0.25, 0.3) is 10.8 Å². The minimum atomic E-state index is -3.92. The van der Waals surface area contributed by atoms with E-state index in [1.165, 1.54) is 25.3 Å². The first-order valence-electron chi connectivity index (χ1n) is 7.64. The molecule has 0 aromatic heterocycles. The van der Waals surface area contributed by atoms with Crippen molar-refractivity contribution in [3.63, 3.8) is 0 Å². The molecule has 2 N–H and O–H groups in total. The highest BCUT2D eigenvalue weighted by Crippen LogP contribution is 2.37. The van der Waals surface area contributed by atoms with E-state index in [-0.39, 0.29) is 21.5 Å². The van der Waals surface area contributed by atoms with Gasteiger partial charge in [0, 0.05) is 28.1 Å². The van der Waals surface area contributed by atoms with Crippen molar-refractivity contribution in [2.45, 2.75) is 4.90 Å². The van der Waals surface area contributed by atoms with E-state index in [2.05, 4.69) is 10.0 Å². The van der Waals surface area contributed by atoms with Gasteiger partial charge in [-0.1, -0.05) is 23.7 Å². The van der Waals surface area contributed by atoms with Gasteiger partial charge in [0.15, 0.2) is 0 Å². The fourth-order valence-corrected chi connectivity index (χ4v) is 4.56. The van der Waals surface area contributed by atoms with E-state index in [0.717, 1.165) is 0 Å². The molecular formula is C18H13ClN2O4S. The molecule has 1 aliphatic heterocycles. The summed E-state index contributed by atoms with van der Waals surface area (Å²) >= 11 is 6.14. The Labute approximate surface area is 154 Å². The second-order valence-corrected chi connectivity index (χ2v) is 7.80. The van der Waals surface area contributed by atoms with Gasteiger partial charge in [-0.15, -0.1) is 0 Å². The summed E-state index contributed by atoms with van der Waals surface area (Å²) in [6, 6.07) is 12.7. The Balaban J connectivity index is 1.83. The molecule has 1 amide bonds. The number of methoxy groups -OCH3 is 1. The molecule has 1 heterocycles. The van der Waals surface area contributed by atoms with Gasteiger partial charge >= 0.3 is 0 Å². The molecule has 0 aliphatic carbocycles. The number of halogens is 1. The zero-order chi connectivity index (χ0) is 18.5. The molecule has 0 saturated carbocycles. The molecule has 26 heavy (non-hydrogen) atoms. The Hall–Kier alpha value is -2.77. The summed E-state index contributed by atoms with van der Waals surface area (Å²) in [4.78, 5) is 12.1. The molecule has 0 fully saturated rings. The molecule has 1 aliphatic rings. The molecule has 3 aromatic rings. The number of hydrogen-bond acceptors (Lipinski definition) is 4. The maximum Gasteiger partial charge on any atom is 0.262 e. The van der Waals surface area contributed by atoms with Crippen molar-refractivity contribution < 1.29 is 17.9 Å². The van der Waals surface area contributed by atoms with E-state index in [9.17, 15) is 13.2 Å². The summed E-state index contributed by atoms with van der Waals surface area (Å²) in [5.74, 6) is 0.277. The number of hydrogen-bond donors (Lipinski definition) is 2. The summed E-state index contributed by atoms with van der Waals surface area (Å²) in [6.07, 6.45) is 0. The highest BCUT2D eigenvalue weighted by Gasteiger charge is 2.26. The lowest BCUT2D eigenvalue weighted by Crippen LogP contribution is -2.13. The average Bonchev–Trinajstić information content (AvgIpc) is 2.94. The van der Waals surface area contributed by atoms with Crippen molar-refractivity contribution >= 4 is 49.7 Å². The number of benzene rings is 3. The largest absolute Gasteiger partial charge is 0.497 e. The molecular weight excluding hydrogens is 376 g/mol. The van der Waals surface area contributed by atoms with Crippen LogP contribution in [0.4, 0.5) is 11.4 Å². The normalized spacial score (nSPS) is 12.9. The first-order chi connectivity index (χ1) is 12.4. The Morgan fingerprint density at radius 1 is 1.12 bits per heavy atom. The van der Waals surface area contributed by atoms with Crippen LogP contribution in [0, 0.1) is 0 Å². The van der Waals surface area contributed by atoms with Crippen LogP contribution in [0.15, 0.2) is 53.4 Å². The summed E-state index contributed by atoms with van der Waals surface area (Å²) in [5.41, 5.74) is 1.30. The molecule has 0 saturated heterocycles. The molecule has 0 spiro atoms. The topological polar surface area (TPSA) is 84.5 Å². The average molecular weight is 389 g/mol. The van der Waals surface area contributed by atoms with E-state index in [1.807, 2.05) is 0 Å². The van der Waals surface area contributed by atoms with E-state index in [1.54, 1.807) is 30.3 Å². The van der Waals surface area contributed by atoms with E-state index in [0.29, 0.717) is 27.8 Å². The van der Waals surface area contributed by atoms with Gasteiger partial charge in [0.1, 0.15) is 5.75 Å². The Kier molecular flexibility index (Phi) is 3.78. The maximum absolute atomic E-state index is 12.9. The lowest BCUT2D eigenvalue weighted by molar-refractivity contribution is 0.103. The van der Waals surface area contributed by atoms with E-state index < -0.39 is 10.0 Å². The van der Waals surface area contributed by atoms with Crippen LogP contribution in [0.5, 0.6) is 5.75 Å². The number of amides is 1. The third kappa shape index (κ3) is 2.56. The predicted molar refractivity (Wildman–Crippen MR) is 101 cm³/mol. The second kappa shape index (κ2) is 5.89. The molecule has 132 valence electrons. The number of sulfonamides is 1. The van der Waals surface area contributed by atoms with Crippen LogP contribution in [0.3, 0.4) is 0 Å². The zero-order valence-electron chi connectivity index (χ0n) is 13.5. The van der Waals surface area contributed by atoms with Crippen molar-refractivity contribution in [3.05, 3.63) is 59.1 Å². The highest BCUT2D eigenvalue weighted by atomic mass is 35.5. The van der Waals surface area contributed by atoms with Crippen molar-refractivity contribution in [3.8, 4) is 5.75 Å². The summed E-state index contributed by atoms with van der Waals surface area (Å²) in [6.45, 7) is 0. The standard InChI is InChI=1S/C18H13ClN2O4S/c1-25-10-5-6-14(13(19)9-10)21-26(23,24)16-8-7-15-17-11(16)3-2-4-12(17)18(22)20-15/h2-9,21H,1H3,(H,20,22). The van der Waals surface area contributed by atoms with Gasteiger partial charge in [-0.05, 0) is 30.3 Å². The van der Waals surface area contributed by atoms with Crippen LogP contribution >= 0.6 is 11.6 Å². The monoisotopic (exact) mass is 388 g/mol. The lowest BCUT2D eigenvalue weighted by atomic mass is 10.1. The SMILES string of the molecule is COc1ccc(NS(=O)(=O)c2ccc3c4c(cccc24)C(=O)N3)c(Cl)c1. The van der Waals surface area contributed by atoms with Crippen molar-refractivity contribution in [1.29, 1.82) is 0 Å². The third-order valence-corrected chi connectivity index (χ3v) is 5.94. The molecule has 8 heteroatoms. The van der Waals surface area contributed by atoms with Gasteiger partial charge in [0.05, 0.1) is 22.7 Å². The number of carbonyl (C=O) groups excluding carboxylic acids is 1. The van der Waals surface area contributed by atoms with Crippen molar-refractivity contribution in [1.82, 2.24) is 0 Å². The fourth-order valence-electron chi connectivity index (χ4n) is 3.00. The van der Waals surface area contributed by atoms with Gasteiger partial charge < -0.3 is 10.1 Å². The zero-order valence-corrected chi connectivity index (χ0v) is 15.1. The van der Waals surface area contributed by atoms with Gasteiger partial charge in [0.2, 0.25) is 0 Å². The van der Waals surface area contributed by atoms with Gasteiger partial charge in [-0.2, -0.15) is 0 Å². The van der Waals surface area contributed by atoms with E-state index in [4.69, 9.17) is 16.3 Å². The smallest absolute Gasteiger partial charge is 0.262 e. The molecule has 0 bridgehead atoms. The Morgan fingerprint density at radius 3 is 2.65 bits per heavy atom. The summed E-state index contributed by atoms with van der Waals surface area (Å²) < 4.78 is 33.4. The lowest BCUT2D eigenvalue weighted by Gasteiger charge is -2.13. The van der Waals surface area contributed by atoms with Gasteiger partial charge in [-0.3, -0.25) is 9.52 Å². The number of ether oxygens (including phenoxy) is 1. The minimum Gasteiger partial charge on any atom is -0.497 e. The summed E-state index contributed by atoms with van der Waals surface area (Å²) in [5, 5.41) is 4.02. The van der Waals surface area contributed by atoms with Crippen LogP contribution in [-0.4, -0.2) is 21.4 Å². The van der Waals surface area contributed by atoms with Crippen LogP contribution in [-0.2, 0) is 10.0 Å². The van der Waals surface area contributed by atoms with Gasteiger partial charge in [0.25, 0.3) is 15.9 Å². The Morgan fingerprint density at radius 2 is 1.92 bits per heavy atom. The minimum absolute atomic E-state index is 0.0708. The predicted octanol–water partition coefficient (Wildman–Crippen LogP) is 3.87. The summed E-state index contributed by atoms with van der Waals surface area (Å²) in [7, 11) is -2.42. The van der Waals surface area contributed by atoms with Crippen LogP contribution in [0.1, 0.15) is 10.4 Å². The van der Waals surface area contributed by atoms with Crippen LogP contribution < -0.4 is 14.8 Å². The quantitative estimate of drug-likeness (QED) is 0.710. The van der Waals surface area contributed by atoms with Crippen molar-refractivity contribution in [2.24, 2.45) is 0 Å². The second-order valence-electron chi connectivity index (χ2n) is 5.74. The van der Waals surface area contributed by atoms with Crippen LogP contribution in [0.2, 0.25) is 5.02 Å². The Bertz CT molecular complexity index is 1180. The third-order valence-electron chi connectivity index (χ3n) is 4.20. The number of rotatable bonds is 4. The van der Waals surface area contributed by atoms with Gasteiger partial charge in [-0.25, -0.2) is 8.42 Å². The molecule has 0 unspecified atom stereocenters. The maximum atomic E-state index is 12.9. The molecule has 0 radical (unpaired) electrons. The van der Waals surface area contributed by atoms with E-state index >= 15 is 0 Å². The number of carbonyl (C=O) groups is 1. The number of anilines is 2. The number of nitrogens with one attached hydrogen (secondary N) is 2. The first-order valence-corrected chi connectivity index (χ1v) is 9.50. The molecule has 0 atom stereocenters. The van der Waals surface area contributed by atoms with Crippen molar-refractivity contribution in [2.75, 3.05) is 17.1 Å². The fraction of sp³-hybridized carbons (Fsp3) is 0.0556. The molecule has 3 aromatic carbocycles. The first kappa shape index (κ1) is 16.7.